The van der Waals surface area contributed by atoms with Crippen molar-refractivity contribution in [3.63, 3.8) is 0 Å². The van der Waals surface area contributed by atoms with Crippen molar-refractivity contribution >= 4 is 12.6 Å². The predicted octanol–water partition coefficient (Wildman–Crippen LogP) is 4.55. The second-order valence-corrected chi connectivity index (χ2v) is 3.73. The molecule has 0 saturated heterocycles. The van der Waals surface area contributed by atoms with Gasteiger partial charge in [-0.15, -0.1) is 0 Å². The molecule has 0 aromatic heterocycles. The van der Waals surface area contributed by atoms with Crippen LogP contribution in [0.5, 0.6) is 17.2 Å². The van der Waals surface area contributed by atoms with Crippen molar-refractivity contribution in [2.45, 2.75) is 46.8 Å². The summed E-state index contributed by atoms with van der Waals surface area (Å²) in [6.45, 7) is 10.0. The van der Waals surface area contributed by atoms with Gasteiger partial charge in [0.25, 0.3) is 5.79 Å². The largest absolute Gasteiger partial charge is 0.493 e. The lowest BCUT2D eigenvalue weighted by atomic mass is 10.2. The van der Waals surface area contributed by atoms with E-state index in [4.69, 9.17) is 14.2 Å². The smallest absolute Gasteiger partial charge is 0.260 e. The van der Waals surface area contributed by atoms with Crippen molar-refractivity contribution in [3.05, 3.63) is 18.2 Å². The molecule has 0 radical (unpaired) electrons. The average Bonchev–Trinajstić information content (AvgIpc) is 2.90. The van der Waals surface area contributed by atoms with Crippen LogP contribution in [0.3, 0.4) is 0 Å². The van der Waals surface area contributed by atoms with Crippen LogP contribution in [-0.2, 0) is 0 Å². The zero-order chi connectivity index (χ0) is 14.9. The summed E-state index contributed by atoms with van der Waals surface area (Å²) in [7, 11) is 1.62. The molecule has 1 atom stereocenters. The molecule has 3 nitrogen and oxygen atoms in total. The third kappa shape index (κ3) is 3.96. The van der Waals surface area contributed by atoms with Crippen LogP contribution in [0.1, 0.15) is 41.0 Å². The molecule has 19 heavy (non-hydrogen) atoms. The van der Waals surface area contributed by atoms with Gasteiger partial charge >= 0.3 is 0 Å². The van der Waals surface area contributed by atoms with Crippen LogP contribution < -0.4 is 14.2 Å². The van der Waals surface area contributed by atoms with Crippen molar-refractivity contribution in [3.8, 4) is 17.2 Å². The number of para-hydroxylation sites is 1. The van der Waals surface area contributed by atoms with E-state index in [1.165, 1.54) is 0 Å². The molecule has 1 aromatic rings. The van der Waals surface area contributed by atoms with E-state index in [1.807, 2.05) is 52.8 Å². The normalized spacial score (nSPS) is 18.7. The number of methoxy groups -OCH3 is 1. The van der Waals surface area contributed by atoms with Gasteiger partial charge in [-0.2, -0.15) is 12.6 Å². The first kappa shape index (κ1) is 18.0. The molecule has 0 N–H and O–H groups in total. The summed E-state index contributed by atoms with van der Waals surface area (Å²) in [5.41, 5.74) is 0. The van der Waals surface area contributed by atoms with E-state index in [-0.39, 0.29) is 0 Å². The maximum absolute atomic E-state index is 5.79. The number of hydrogen-bond acceptors (Lipinski definition) is 4. The van der Waals surface area contributed by atoms with E-state index in [9.17, 15) is 0 Å². The highest BCUT2D eigenvalue weighted by Crippen LogP contribution is 2.46. The minimum Gasteiger partial charge on any atom is -0.493 e. The topological polar surface area (TPSA) is 27.7 Å². The Morgan fingerprint density at radius 2 is 1.79 bits per heavy atom. The highest BCUT2D eigenvalue weighted by Gasteiger charge is 2.40. The number of benzene rings is 1. The molecule has 1 unspecified atom stereocenters. The Bertz CT molecular complexity index is 362. The maximum atomic E-state index is 5.79. The Morgan fingerprint density at radius 3 is 2.26 bits per heavy atom. The Hall–Kier alpha value is -1.03. The van der Waals surface area contributed by atoms with Crippen LogP contribution in [0, 0.1) is 0 Å². The Morgan fingerprint density at radius 1 is 1.16 bits per heavy atom. The third-order valence-electron chi connectivity index (χ3n) is 2.53. The van der Waals surface area contributed by atoms with E-state index in [2.05, 4.69) is 12.6 Å². The van der Waals surface area contributed by atoms with Crippen molar-refractivity contribution in [2.24, 2.45) is 0 Å². The van der Waals surface area contributed by atoms with Crippen molar-refractivity contribution in [2.75, 3.05) is 12.9 Å². The zero-order valence-electron chi connectivity index (χ0n) is 12.8. The highest BCUT2D eigenvalue weighted by molar-refractivity contribution is 7.80. The zero-order valence-corrected chi connectivity index (χ0v) is 13.7. The average molecular weight is 286 g/mol. The van der Waals surface area contributed by atoms with Gasteiger partial charge in [0.1, 0.15) is 0 Å². The van der Waals surface area contributed by atoms with Gasteiger partial charge < -0.3 is 14.2 Å². The summed E-state index contributed by atoms with van der Waals surface area (Å²) < 4.78 is 16.8. The number of hydrogen-bond donors (Lipinski definition) is 1. The fraction of sp³-hybridized carbons (Fsp3) is 0.600. The van der Waals surface area contributed by atoms with Crippen molar-refractivity contribution in [1.82, 2.24) is 0 Å². The molecule has 1 aliphatic rings. The van der Waals surface area contributed by atoms with Crippen LogP contribution in [-0.4, -0.2) is 18.6 Å². The minimum absolute atomic E-state index is 0.515. The summed E-state index contributed by atoms with van der Waals surface area (Å²) in [4.78, 5) is 0. The van der Waals surface area contributed by atoms with Gasteiger partial charge in [-0.25, -0.2) is 0 Å². The quantitative estimate of drug-likeness (QED) is 0.826. The summed E-state index contributed by atoms with van der Waals surface area (Å²) in [5, 5.41) is 0. The van der Waals surface area contributed by atoms with Gasteiger partial charge in [0.05, 0.1) is 12.9 Å². The maximum Gasteiger partial charge on any atom is 0.260 e. The number of thiol groups is 1. The molecular formula is C15H26O3S. The van der Waals surface area contributed by atoms with Crippen LogP contribution in [0.4, 0.5) is 0 Å². The van der Waals surface area contributed by atoms with E-state index >= 15 is 0 Å². The lowest BCUT2D eigenvalue weighted by Crippen LogP contribution is -2.39. The standard InChI is InChI=1S/C11H14O3S.2C2H6/c1-3-11(7-15)13-9-6-4-5-8(12-2)10(9)14-11;2*1-2/h4-6,15H,3,7H2,1-2H3;2*1-2H3. The number of ether oxygens (including phenoxy) is 3. The van der Waals surface area contributed by atoms with Crippen LogP contribution >= 0.6 is 12.6 Å². The summed E-state index contributed by atoms with van der Waals surface area (Å²) in [5.74, 6) is 1.98. The molecular weight excluding hydrogens is 260 g/mol. The monoisotopic (exact) mass is 286 g/mol. The molecule has 0 amide bonds. The fourth-order valence-corrected chi connectivity index (χ4v) is 1.92. The van der Waals surface area contributed by atoms with Gasteiger partial charge in [0.2, 0.25) is 5.75 Å². The number of fused-ring (bicyclic) bond motifs is 1. The predicted molar refractivity (Wildman–Crippen MR) is 83.8 cm³/mol. The molecule has 0 fully saturated rings. The van der Waals surface area contributed by atoms with Crippen molar-refractivity contribution in [1.29, 1.82) is 0 Å². The summed E-state index contributed by atoms with van der Waals surface area (Å²) >= 11 is 4.26. The molecule has 2 rings (SSSR count). The second kappa shape index (κ2) is 8.97. The Balaban J connectivity index is 0.000000741. The molecule has 110 valence electrons. The SMILES string of the molecule is CC.CC.CCC1(CS)Oc2cccc(OC)c2O1. The van der Waals surface area contributed by atoms with Gasteiger partial charge in [-0.1, -0.05) is 40.7 Å². The molecule has 0 bridgehead atoms. The first-order valence-electron chi connectivity index (χ1n) is 6.90. The van der Waals surface area contributed by atoms with Gasteiger partial charge in [-0.3, -0.25) is 0 Å². The lowest BCUT2D eigenvalue weighted by molar-refractivity contribution is -0.0596. The number of rotatable bonds is 3. The Labute approximate surface area is 122 Å². The first-order chi connectivity index (χ1) is 9.24. The van der Waals surface area contributed by atoms with Gasteiger partial charge in [0.15, 0.2) is 11.5 Å². The highest BCUT2D eigenvalue weighted by atomic mass is 32.1. The van der Waals surface area contributed by atoms with Gasteiger partial charge in [-0.05, 0) is 12.1 Å². The van der Waals surface area contributed by atoms with Crippen LogP contribution in [0.2, 0.25) is 0 Å². The molecule has 1 aromatic carbocycles. The summed E-state index contributed by atoms with van der Waals surface area (Å²) in [6.07, 6.45) is 0.744. The molecule has 0 spiro atoms. The van der Waals surface area contributed by atoms with Crippen molar-refractivity contribution < 1.29 is 14.2 Å². The second-order valence-electron chi connectivity index (χ2n) is 3.41. The van der Waals surface area contributed by atoms with E-state index in [1.54, 1.807) is 7.11 Å². The van der Waals surface area contributed by atoms with E-state index in [0.717, 1.165) is 12.2 Å². The van der Waals surface area contributed by atoms with Gasteiger partial charge in [0, 0.05) is 6.42 Å². The molecule has 1 aliphatic heterocycles. The van der Waals surface area contributed by atoms with Crippen LogP contribution in [0.15, 0.2) is 18.2 Å². The third-order valence-corrected chi connectivity index (χ3v) is 3.01. The molecule has 1 heterocycles. The fourth-order valence-electron chi connectivity index (χ4n) is 1.57. The molecule has 0 saturated carbocycles. The van der Waals surface area contributed by atoms with E-state index in [0.29, 0.717) is 17.3 Å². The summed E-state index contributed by atoms with van der Waals surface area (Å²) in [6, 6.07) is 5.61. The minimum atomic E-state index is -0.639. The van der Waals surface area contributed by atoms with E-state index < -0.39 is 5.79 Å². The Kier molecular flexibility index (Phi) is 8.48. The lowest BCUT2D eigenvalue weighted by Gasteiger charge is -2.24. The first-order valence-corrected chi connectivity index (χ1v) is 7.54. The van der Waals surface area contributed by atoms with Crippen LogP contribution in [0.25, 0.3) is 0 Å². The molecule has 0 aliphatic carbocycles. The molecule has 4 heteroatoms.